The Balaban J connectivity index is 1.74. The van der Waals surface area contributed by atoms with E-state index in [9.17, 15) is 0 Å². The van der Waals surface area contributed by atoms with Gasteiger partial charge in [0.2, 0.25) is 0 Å². The van der Waals surface area contributed by atoms with Crippen molar-refractivity contribution in [3.05, 3.63) is 41.3 Å². The minimum Gasteiger partial charge on any atom is -0.495 e. The lowest BCUT2D eigenvalue weighted by Gasteiger charge is -2.27. The number of thiophene rings is 1. The molecule has 5 rings (SSSR count). The number of aromatic nitrogens is 3. The van der Waals surface area contributed by atoms with Crippen molar-refractivity contribution in [3.63, 3.8) is 0 Å². The molecule has 1 saturated heterocycles. The molecule has 4 aromatic rings. The zero-order valence-corrected chi connectivity index (χ0v) is 20.3. The molecule has 9 heteroatoms. The van der Waals surface area contributed by atoms with Gasteiger partial charge in [-0.3, -0.25) is 4.90 Å². The van der Waals surface area contributed by atoms with Gasteiger partial charge in [-0.2, -0.15) is 5.10 Å². The van der Waals surface area contributed by atoms with Crippen molar-refractivity contribution in [1.29, 1.82) is 0 Å². The third kappa shape index (κ3) is 4.06. The van der Waals surface area contributed by atoms with Crippen molar-refractivity contribution in [2.75, 3.05) is 45.6 Å². The second kappa shape index (κ2) is 9.26. The highest BCUT2D eigenvalue weighted by molar-refractivity contribution is 7.22. The monoisotopic (exact) mass is 465 g/mol. The summed E-state index contributed by atoms with van der Waals surface area (Å²) >= 11 is 1.74. The molecule has 33 heavy (non-hydrogen) atoms. The summed E-state index contributed by atoms with van der Waals surface area (Å²) in [6.45, 7) is 10.7. The zero-order valence-electron chi connectivity index (χ0n) is 19.4. The minimum absolute atomic E-state index is 0.505. The summed E-state index contributed by atoms with van der Waals surface area (Å²) in [6.07, 6.45) is 1.56. The molecule has 0 saturated carbocycles. The van der Waals surface area contributed by atoms with Crippen LogP contribution in [-0.4, -0.2) is 59.3 Å². The molecule has 0 aliphatic carbocycles. The van der Waals surface area contributed by atoms with Crippen molar-refractivity contribution in [2.24, 2.45) is 0 Å². The van der Waals surface area contributed by atoms with E-state index >= 15 is 0 Å². The Labute approximate surface area is 197 Å². The first-order valence-corrected chi connectivity index (χ1v) is 12.3. The second-order valence-corrected chi connectivity index (χ2v) is 9.56. The summed E-state index contributed by atoms with van der Waals surface area (Å²) in [4.78, 5) is 8.00. The number of nitrogens with one attached hydrogen (secondary N) is 2. The van der Waals surface area contributed by atoms with Gasteiger partial charge < -0.3 is 21.1 Å². The van der Waals surface area contributed by atoms with Crippen LogP contribution in [0.1, 0.15) is 23.7 Å². The van der Waals surface area contributed by atoms with E-state index in [-0.39, 0.29) is 0 Å². The van der Waals surface area contributed by atoms with Gasteiger partial charge >= 0.3 is 0 Å². The number of ether oxygens (including phenoxy) is 1. The van der Waals surface area contributed by atoms with Crippen LogP contribution in [0.5, 0.6) is 5.75 Å². The third-order valence-electron chi connectivity index (χ3n) is 6.29. The molecule has 0 atom stereocenters. The van der Waals surface area contributed by atoms with Gasteiger partial charge in [0.1, 0.15) is 17.6 Å². The summed E-state index contributed by atoms with van der Waals surface area (Å²) in [6, 6.07) is 6.55. The van der Waals surface area contributed by atoms with E-state index in [1.54, 1.807) is 24.8 Å². The molecule has 4 N–H and O–H groups in total. The summed E-state index contributed by atoms with van der Waals surface area (Å²) in [5.41, 5.74) is 12.1. The van der Waals surface area contributed by atoms with E-state index in [1.807, 2.05) is 4.52 Å². The van der Waals surface area contributed by atoms with Crippen molar-refractivity contribution >= 4 is 32.8 Å². The highest BCUT2D eigenvalue weighted by Gasteiger charge is 2.26. The summed E-state index contributed by atoms with van der Waals surface area (Å²) in [5.74, 6) is 1.41. The maximum Gasteiger partial charge on any atom is 0.152 e. The highest BCUT2D eigenvalue weighted by atomic mass is 32.1. The van der Waals surface area contributed by atoms with E-state index in [0.29, 0.717) is 5.82 Å². The standard InChI is InChI=1S/C24H31N7OS/c1-4-26-12-17-18(13-30-7-5-27-6-8-30)31-22(24(25)28-14-29-31)21(17)20-11-16-9-15(2)10-19(32-3)23(16)33-20/h9-11,14,26-27H,4-8,12-13H2,1-3H3,(H2,25,28,29). The van der Waals surface area contributed by atoms with E-state index in [2.05, 4.69) is 57.7 Å². The topological polar surface area (TPSA) is 92.7 Å². The average Bonchev–Trinajstić information content (AvgIpc) is 3.37. The van der Waals surface area contributed by atoms with E-state index in [0.717, 1.165) is 72.2 Å². The molecule has 3 aromatic heterocycles. The second-order valence-electron chi connectivity index (χ2n) is 8.51. The minimum atomic E-state index is 0.505. The molecule has 1 fully saturated rings. The van der Waals surface area contributed by atoms with Crippen molar-refractivity contribution in [3.8, 4) is 16.2 Å². The lowest BCUT2D eigenvalue weighted by atomic mass is 10.1. The van der Waals surface area contributed by atoms with Crippen molar-refractivity contribution in [1.82, 2.24) is 30.1 Å². The molecule has 0 bridgehead atoms. The van der Waals surface area contributed by atoms with Crippen LogP contribution < -0.4 is 21.1 Å². The number of aryl methyl sites for hydroxylation is 1. The number of nitrogens with zero attached hydrogens (tertiary/aromatic N) is 4. The van der Waals surface area contributed by atoms with Crippen LogP contribution in [0.4, 0.5) is 5.82 Å². The first-order chi connectivity index (χ1) is 16.1. The molecule has 1 aliphatic heterocycles. The average molecular weight is 466 g/mol. The number of nitrogens with two attached hydrogens (primary N) is 1. The quantitative estimate of drug-likeness (QED) is 0.386. The van der Waals surface area contributed by atoms with Crippen LogP contribution in [0.25, 0.3) is 26.0 Å². The lowest BCUT2D eigenvalue weighted by Crippen LogP contribution is -2.43. The highest BCUT2D eigenvalue weighted by Crippen LogP contribution is 2.44. The van der Waals surface area contributed by atoms with Gasteiger partial charge in [0.25, 0.3) is 0 Å². The molecule has 174 valence electrons. The number of methoxy groups -OCH3 is 1. The van der Waals surface area contributed by atoms with E-state index in [1.165, 1.54) is 22.2 Å². The molecular weight excluding hydrogens is 434 g/mol. The van der Waals surface area contributed by atoms with Gasteiger partial charge in [0, 0.05) is 49.7 Å². The Kier molecular flexibility index (Phi) is 6.20. The molecule has 0 amide bonds. The molecule has 1 aromatic carbocycles. The summed E-state index contributed by atoms with van der Waals surface area (Å²) in [5, 5.41) is 12.8. The number of hydrogen-bond donors (Lipinski definition) is 3. The number of rotatable bonds is 7. The smallest absolute Gasteiger partial charge is 0.152 e. The van der Waals surface area contributed by atoms with Crippen LogP contribution in [0, 0.1) is 6.92 Å². The third-order valence-corrected chi connectivity index (χ3v) is 7.47. The number of nitrogen functional groups attached to an aromatic ring is 1. The van der Waals surface area contributed by atoms with E-state index in [4.69, 9.17) is 10.5 Å². The fraction of sp³-hybridized carbons (Fsp3) is 0.417. The Morgan fingerprint density at radius 3 is 2.82 bits per heavy atom. The number of piperazine rings is 1. The Morgan fingerprint density at radius 1 is 1.24 bits per heavy atom. The fourth-order valence-electron chi connectivity index (χ4n) is 4.71. The van der Waals surface area contributed by atoms with Crippen LogP contribution in [-0.2, 0) is 13.1 Å². The van der Waals surface area contributed by atoms with Gasteiger partial charge in [0.05, 0.1) is 17.5 Å². The van der Waals surface area contributed by atoms with Gasteiger partial charge in [-0.25, -0.2) is 9.50 Å². The van der Waals surface area contributed by atoms with Crippen LogP contribution >= 0.6 is 11.3 Å². The molecule has 0 radical (unpaired) electrons. The molecule has 1 aliphatic rings. The van der Waals surface area contributed by atoms with Gasteiger partial charge in [-0.1, -0.05) is 13.0 Å². The summed E-state index contributed by atoms with van der Waals surface area (Å²) < 4.78 is 8.86. The Bertz CT molecular complexity index is 1290. The lowest BCUT2D eigenvalue weighted by molar-refractivity contribution is 0.228. The van der Waals surface area contributed by atoms with Gasteiger partial charge in [0.15, 0.2) is 5.82 Å². The number of anilines is 1. The molecule has 0 unspecified atom stereocenters. The predicted molar refractivity (Wildman–Crippen MR) is 135 cm³/mol. The number of benzene rings is 1. The maximum absolute atomic E-state index is 6.48. The molecule has 8 nitrogen and oxygen atoms in total. The van der Waals surface area contributed by atoms with Crippen molar-refractivity contribution in [2.45, 2.75) is 26.9 Å². The van der Waals surface area contributed by atoms with Gasteiger partial charge in [-0.05, 0) is 42.1 Å². The molecule has 0 spiro atoms. The zero-order chi connectivity index (χ0) is 22.9. The van der Waals surface area contributed by atoms with Crippen molar-refractivity contribution < 1.29 is 4.74 Å². The molecular formula is C24H31N7OS. The predicted octanol–water partition coefficient (Wildman–Crippen LogP) is 3.02. The van der Waals surface area contributed by atoms with Crippen LogP contribution in [0.3, 0.4) is 0 Å². The number of hydrogen-bond acceptors (Lipinski definition) is 8. The largest absolute Gasteiger partial charge is 0.495 e. The van der Waals surface area contributed by atoms with E-state index < -0.39 is 0 Å². The van der Waals surface area contributed by atoms with Crippen LogP contribution in [0.15, 0.2) is 24.5 Å². The Morgan fingerprint density at radius 2 is 2.06 bits per heavy atom. The first kappa shape index (κ1) is 22.1. The normalized spacial score (nSPS) is 15.0. The van der Waals surface area contributed by atoms with Gasteiger partial charge in [-0.15, -0.1) is 11.3 Å². The number of fused-ring (bicyclic) bond motifs is 2. The summed E-state index contributed by atoms with van der Waals surface area (Å²) in [7, 11) is 1.73. The van der Waals surface area contributed by atoms with Crippen LogP contribution in [0.2, 0.25) is 0 Å². The fourth-order valence-corrected chi connectivity index (χ4v) is 5.92. The first-order valence-electron chi connectivity index (χ1n) is 11.5. The maximum atomic E-state index is 6.48. The SMILES string of the molecule is CCNCc1c(-c2cc3cc(C)cc(OC)c3s2)c2c(N)ncnn2c1CN1CCNCC1. The Hall–Kier alpha value is -2.72. The molecule has 4 heterocycles.